The van der Waals surface area contributed by atoms with Crippen molar-refractivity contribution in [1.82, 2.24) is 5.32 Å². The zero-order chi connectivity index (χ0) is 23.1. The van der Waals surface area contributed by atoms with Crippen LogP contribution < -0.4 is 5.32 Å². The van der Waals surface area contributed by atoms with Crippen molar-refractivity contribution in [1.29, 1.82) is 0 Å². The molecular formula is C24H36N2O6. The predicted molar refractivity (Wildman–Crippen MR) is 118 cm³/mol. The summed E-state index contributed by atoms with van der Waals surface area (Å²) in [7, 11) is 0. The third kappa shape index (κ3) is 3.96. The standard InChI is InChI=1S/C24H36N2O6/c1-23-9-7-15(26-32-13-21(29)25-19(12-27)22(30)31)11-14(23)3-4-16-17-5-6-20(28)24(17,2)10-8-18(16)23/h11,16-20,27-28H,3-10,12-13H2,1-2H3,(H,25,29)(H,30,31)/b26-15+/t16?,17?,18?,19?,20?,23-,24-/m0/s1. The fourth-order valence-electron chi connectivity index (χ4n) is 7.21. The smallest absolute Gasteiger partial charge is 0.328 e. The van der Waals surface area contributed by atoms with Crippen molar-refractivity contribution in [3.05, 3.63) is 11.6 Å². The number of nitrogens with one attached hydrogen (secondary N) is 1. The molecule has 0 aromatic heterocycles. The van der Waals surface area contributed by atoms with E-state index in [1.54, 1.807) is 0 Å². The lowest BCUT2D eigenvalue weighted by Gasteiger charge is -2.57. The van der Waals surface area contributed by atoms with Crippen LogP contribution in [-0.2, 0) is 14.4 Å². The van der Waals surface area contributed by atoms with Gasteiger partial charge in [-0.15, -0.1) is 0 Å². The lowest BCUT2D eigenvalue weighted by atomic mass is 9.47. The topological polar surface area (TPSA) is 128 Å². The van der Waals surface area contributed by atoms with Crippen LogP contribution >= 0.6 is 0 Å². The number of rotatable bonds is 6. The molecule has 8 nitrogen and oxygen atoms in total. The van der Waals surface area contributed by atoms with Gasteiger partial charge in [-0.05, 0) is 86.0 Å². The molecule has 0 radical (unpaired) electrons. The van der Waals surface area contributed by atoms with Gasteiger partial charge >= 0.3 is 5.97 Å². The van der Waals surface area contributed by atoms with E-state index in [9.17, 15) is 14.7 Å². The number of amides is 1. The van der Waals surface area contributed by atoms with Crippen LogP contribution in [0.5, 0.6) is 0 Å². The van der Waals surface area contributed by atoms with Crippen LogP contribution in [0.4, 0.5) is 0 Å². The number of nitrogens with zero attached hydrogens (tertiary/aromatic N) is 1. The Labute approximate surface area is 189 Å². The SMILES string of the molecule is C[C@]12CCC3C(CCC4=C/C(=N/OCC(=O)NC(CO)C(=O)O)CC[C@@]43C)C1CCC2O. The quantitative estimate of drug-likeness (QED) is 0.461. The Morgan fingerprint density at radius 2 is 1.97 bits per heavy atom. The minimum absolute atomic E-state index is 0.0874. The van der Waals surface area contributed by atoms with Gasteiger partial charge in [0.25, 0.3) is 5.91 Å². The van der Waals surface area contributed by atoms with Gasteiger partial charge in [0.15, 0.2) is 6.61 Å². The Kier molecular flexibility index (Phi) is 6.38. The molecule has 32 heavy (non-hydrogen) atoms. The molecule has 4 N–H and O–H groups in total. The molecule has 1 amide bonds. The second-order valence-electron chi connectivity index (χ2n) is 10.6. The molecule has 3 fully saturated rings. The summed E-state index contributed by atoms with van der Waals surface area (Å²) in [6.45, 7) is 3.63. The lowest BCUT2D eigenvalue weighted by Crippen LogP contribution is -2.51. The van der Waals surface area contributed by atoms with E-state index in [2.05, 4.69) is 30.4 Å². The Morgan fingerprint density at radius 1 is 1.19 bits per heavy atom. The number of hydrogen-bond donors (Lipinski definition) is 4. The van der Waals surface area contributed by atoms with Crippen LogP contribution in [0.2, 0.25) is 0 Å². The number of carboxylic acid groups (broad SMARTS) is 1. The molecule has 4 aliphatic rings. The Balaban J connectivity index is 1.39. The van der Waals surface area contributed by atoms with Crippen molar-refractivity contribution in [2.75, 3.05) is 13.2 Å². The number of hydrogen-bond acceptors (Lipinski definition) is 6. The fourth-order valence-corrected chi connectivity index (χ4v) is 7.21. The largest absolute Gasteiger partial charge is 0.480 e. The van der Waals surface area contributed by atoms with E-state index >= 15 is 0 Å². The van der Waals surface area contributed by atoms with Crippen molar-refractivity contribution in [3.8, 4) is 0 Å². The van der Waals surface area contributed by atoms with E-state index in [0.717, 1.165) is 50.7 Å². The zero-order valence-electron chi connectivity index (χ0n) is 19.0. The summed E-state index contributed by atoms with van der Waals surface area (Å²) in [5.41, 5.74) is 2.48. The summed E-state index contributed by atoms with van der Waals surface area (Å²) in [5, 5.41) is 34.8. The number of carboxylic acids is 1. The summed E-state index contributed by atoms with van der Waals surface area (Å²) in [4.78, 5) is 27.9. The first-order chi connectivity index (χ1) is 15.2. The molecule has 3 saturated carbocycles. The van der Waals surface area contributed by atoms with Crippen molar-refractivity contribution in [2.45, 2.75) is 77.4 Å². The van der Waals surface area contributed by atoms with E-state index < -0.39 is 24.5 Å². The summed E-state index contributed by atoms with van der Waals surface area (Å²) in [5.74, 6) is 0.0219. The van der Waals surface area contributed by atoms with Crippen molar-refractivity contribution in [3.63, 3.8) is 0 Å². The summed E-state index contributed by atoms with van der Waals surface area (Å²) in [6, 6.07) is -1.34. The average Bonchev–Trinajstić information content (AvgIpc) is 3.06. The third-order valence-corrected chi connectivity index (χ3v) is 9.12. The Bertz CT molecular complexity index is 825. The van der Waals surface area contributed by atoms with Crippen molar-refractivity contribution in [2.24, 2.45) is 33.7 Å². The second-order valence-corrected chi connectivity index (χ2v) is 10.6. The maximum atomic E-state index is 11.8. The maximum absolute atomic E-state index is 11.8. The van der Waals surface area contributed by atoms with Gasteiger partial charge in [-0.2, -0.15) is 0 Å². The molecule has 0 heterocycles. The molecule has 8 heteroatoms. The first-order valence-corrected chi connectivity index (χ1v) is 11.9. The lowest BCUT2D eigenvalue weighted by molar-refractivity contribution is -0.143. The third-order valence-electron chi connectivity index (χ3n) is 9.12. The van der Waals surface area contributed by atoms with Crippen LogP contribution in [-0.4, -0.2) is 58.3 Å². The highest BCUT2D eigenvalue weighted by Crippen LogP contribution is 2.65. The molecule has 0 saturated heterocycles. The van der Waals surface area contributed by atoms with Gasteiger partial charge in [0.05, 0.1) is 18.4 Å². The molecular weight excluding hydrogens is 412 g/mol. The maximum Gasteiger partial charge on any atom is 0.328 e. The molecule has 7 atom stereocenters. The highest BCUT2D eigenvalue weighted by Gasteiger charge is 2.58. The van der Waals surface area contributed by atoms with Crippen molar-refractivity contribution < 1.29 is 29.7 Å². The number of aliphatic hydroxyl groups excluding tert-OH is 2. The van der Waals surface area contributed by atoms with Crippen LogP contribution in [0.3, 0.4) is 0 Å². The van der Waals surface area contributed by atoms with Crippen molar-refractivity contribution >= 4 is 17.6 Å². The number of aliphatic carboxylic acids is 1. The van der Waals surface area contributed by atoms with E-state index in [1.807, 2.05) is 0 Å². The predicted octanol–water partition coefficient (Wildman–Crippen LogP) is 2.24. The summed E-state index contributed by atoms with van der Waals surface area (Å²) >= 11 is 0. The molecule has 178 valence electrons. The monoisotopic (exact) mass is 448 g/mol. The normalized spacial score (nSPS) is 40.5. The van der Waals surface area contributed by atoms with Gasteiger partial charge in [-0.3, -0.25) is 4.79 Å². The Hall–Kier alpha value is -1.93. The first kappa shape index (κ1) is 23.2. The fraction of sp³-hybridized carbons (Fsp3) is 0.792. The van der Waals surface area contributed by atoms with Crippen LogP contribution in [0.1, 0.15) is 65.2 Å². The summed E-state index contributed by atoms with van der Waals surface area (Å²) < 4.78 is 0. The second kappa shape index (κ2) is 8.78. The van der Waals surface area contributed by atoms with Gasteiger partial charge in [0.1, 0.15) is 6.04 Å². The van der Waals surface area contributed by atoms with E-state index in [0.29, 0.717) is 17.8 Å². The van der Waals surface area contributed by atoms with E-state index in [-0.39, 0.29) is 23.5 Å². The number of carbonyl (C=O) groups is 2. The number of fused-ring (bicyclic) bond motifs is 5. The van der Waals surface area contributed by atoms with Gasteiger partial charge in [0.2, 0.25) is 0 Å². The van der Waals surface area contributed by atoms with E-state index in [1.165, 1.54) is 12.0 Å². The average molecular weight is 449 g/mol. The highest BCUT2D eigenvalue weighted by molar-refractivity contribution is 5.96. The number of oxime groups is 1. The van der Waals surface area contributed by atoms with Crippen LogP contribution in [0, 0.1) is 28.6 Å². The minimum Gasteiger partial charge on any atom is -0.480 e. The molecule has 0 bridgehead atoms. The van der Waals surface area contributed by atoms with Gasteiger partial charge in [-0.25, -0.2) is 4.79 Å². The molecule has 0 aromatic carbocycles. The van der Waals surface area contributed by atoms with Crippen LogP contribution in [0.25, 0.3) is 0 Å². The number of carbonyl (C=O) groups excluding carboxylic acids is 1. The molecule has 0 aromatic rings. The number of allylic oxidation sites excluding steroid dienone is 2. The highest BCUT2D eigenvalue weighted by atomic mass is 16.6. The Morgan fingerprint density at radius 3 is 2.69 bits per heavy atom. The van der Waals surface area contributed by atoms with Gasteiger partial charge in [0, 0.05) is 0 Å². The molecule has 4 rings (SSSR count). The van der Waals surface area contributed by atoms with Gasteiger partial charge < -0.3 is 25.5 Å². The molecule has 5 unspecified atom stereocenters. The zero-order valence-corrected chi connectivity index (χ0v) is 19.0. The molecule has 0 spiro atoms. The first-order valence-electron chi connectivity index (χ1n) is 11.9. The summed E-state index contributed by atoms with van der Waals surface area (Å²) in [6.07, 6.45) is 10.3. The molecule has 4 aliphatic carbocycles. The molecule has 0 aliphatic heterocycles. The van der Waals surface area contributed by atoms with Gasteiger partial charge in [-0.1, -0.05) is 24.6 Å². The number of aliphatic hydroxyl groups is 2. The van der Waals surface area contributed by atoms with Crippen LogP contribution in [0.15, 0.2) is 16.8 Å². The minimum atomic E-state index is -1.34. The van der Waals surface area contributed by atoms with E-state index in [4.69, 9.17) is 15.1 Å².